The van der Waals surface area contributed by atoms with Gasteiger partial charge >= 0.3 is 0 Å². The highest BCUT2D eigenvalue weighted by atomic mass is 19.1. The first-order chi connectivity index (χ1) is 8.00. The summed E-state index contributed by atoms with van der Waals surface area (Å²) in [5.74, 6) is 0.989. The van der Waals surface area contributed by atoms with Crippen LogP contribution in [0.15, 0.2) is 12.4 Å². The first-order valence-corrected chi connectivity index (χ1v) is 5.35. The summed E-state index contributed by atoms with van der Waals surface area (Å²) in [6.07, 6.45) is 2.81. The standard InChI is InChI=1S/C11H12FN5/c1-6-15-16-10-11(2,3)14-8-5-13-4-7(12)9(8)17(6)10/h4-5,14H,1-3H3. The highest BCUT2D eigenvalue weighted by Crippen LogP contribution is 2.36. The van der Waals surface area contributed by atoms with Crippen molar-refractivity contribution in [3.05, 3.63) is 29.9 Å². The van der Waals surface area contributed by atoms with E-state index in [0.29, 0.717) is 23.0 Å². The lowest BCUT2D eigenvalue weighted by Gasteiger charge is -2.33. The van der Waals surface area contributed by atoms with Crippen LogP contribution >= 0.6 is 0 Å². The molecule has 0 atom stereocenters. The van der Waals surface area contributed by atoms with E-state index in [9.17, 15) is 4.39 Å². The van der Waals surface area contributed by atoms with Crippen molar-refractivity contribution in [2.45, 2.75) is 26.3 Å². The predicted octanol–water partition coefficient (Wildman–Crippen LogP) is 1.77. The van der Waals surface area contributed by atoms with Gasteiger partial charge < -0.3 is 5.32 Å². The third-order valence-corrected chi connectivity index (χ3v) is 2.93. The average Bonchev–Trinajstić information content (AvgIpc) is 2.61. The molecule has 0 bridgehead atoms. The second-order valence-corrected chi connectivity index (χ2v) is 4.67. The molecule has 5 nitrogen and oxygen atoms in total. The summed E-state index contributed by atoms with van der Waals surface area (Å²) in [5.41, 5.74) is 0.700. The lowest BCUT2D eigenvalue weighted by molar-refractivity contribution is 0.520. The van der Waals surface area contributed by atoms with Crippen molar-refractivity contribution in [1.82, 2.24) is 19.7 Å². The number of hydrogen-bond donors (Lipinski definition) is 1. The normalized spacial score (nSPS) is 16.0. The second-order valence-electron chi connectivity index (χ2n) is 4.67. The lowest BCUT2D eigenvalue weighted by Crippen LogP contribution is -2.36. The first-order valence-electron chi connectivity index (χ1n) is 5.35. The fourth-order valence-electron chi connectivity index (χ4n) is 2.17. The molecule has 0 radical (unpaired) electrons. The van der Waals surface area contributed by atoms with E-state index in [1.165, 1.54) is 6.20 Å². The molecule has 0 unspecified atom stereocenters. The van der Waals surface area contributed by atoms with Gasteiger partial charge in [0.25, 0.3) is 0 Å². The van der Waals surface area contributed by atoms with Crippen molar-refractivity contribution >= 4 is 5.69 Å². The van der Waals surface area contributed by atoms with Crippen LogP contribution in [0.2, 0.25) is 0 Å². The molecule has 17 heavy (non-hydrogen) atoms. The molecule has 3 heterocycles. The van der Waals surface area contributed by atoms with E-state index in [1.807, 2.05) is 20.8 Å². The van der Waals surface area contributed by atoms with Gasteiger partial charge in [-0.15, -0.1) is 10.2 Å². The van der Waals surface area contributed by atoms with E-state index in [4.69, 9.17) is 0 Å². The van der Waals surface area contributed by atoms with E-state index in [1.54, 1.807) is 10.8 Å². The molecule has 1 aliphatic heterocycles. The van der Waals surface area contributed by atoms with Crippen molar-refractivity contribution < 1.29 is 4.39 Å². The van der Waals surface area contributed by atoms with Crippen LogP contribution in [0.5, 0.6) is 0 Å². The number of halogens is 1. The lowest BCUT2D eigenvalue weighted by atomic mass is 10.0. The molecule has 3 rings (SSSR count). The Labute approximate surface area is 97.7 Å². The van der Waals surface area contributed by atoms with Crippen LogP contribution in [0.1, 0.15) is 25.5 Å². The fraction of sp³-hybridized carbons (Fsp3) is 0.364. The number of nitrogens with one attached hydrogen (secondary N) is 1. The molecule has 0 saturated carbocycles. The highest BCUT2D eigenvalue weighted by Gasteiger charge is 2.35. The minimum Gasteiger partial charge on any atom is -0.370 e. The zero-order valence-electron chi connectivity index (χ0n) is 9.82. The van der Waals surface area contributed by atoms with Crippen LogP contribution < -0.4 is 5.32 Å². The SMILES string of the molecule is Cc1nnc2n1-c1c(F)cncc1NC2(C)C. The maximum Gasteiger partial charge on any atom is 0.167 e. The Kier molecular flexibility index (Phi) is 1.81. The zero-order valence-corrected chi connectivity index (χ0v) is 9.82. The van der Waals surface area contributed by atoms with Crippen LogP contribution in [0, 0.1) is 12.7 Å². The number of aromatic nitrogens is 4. The molecule has 0 aliphatic carbocycles. The number of pyridine rings is 1. The van der Waals surface area contributed by atoms with Gasteiger partial charge in [-0.2, -0.15) is 0 Å². The largest absolute Gasteiger partial charge is 0.370 e. The van der Waals surface area contributed by atoms with Crippen molar-refractivity contribution in [2.75, 3.05) is 5.32 Å². The monoisotopic (exact) mass is 233 g/mol. The quantitative estimate of drug-likeness (QED) is 0.753. The van der Waals surface area contributed by atoms with Gasteiger partial charge in [0.2, 0.25) is 0 Å². The van der Waals surface area contributed by atoms with Crippen molar-refractivity contribution in [2.24, 2.45) is 0 Å². The molecule has 0 fully saturated rings. The summed E-state index contributed by atoms with van der Waals surface area (Å²) in [6, 6.07) is 0. The maximum atomic E-state index is 13.9. The van der Waals surface area contributed by atoms with E-state index in [0.717, 1.165) is 0 Å². The molecule has 0 saturated heterocycles. The van der Waals surface area contributed by atoms with Gasteiger partial charge in [0, 0.05) is 0 Å². The Morgan fingerprint density at radius 3 is 2.82 bits per heavy atom. The van der Waals surface area contributed by atoms with Crippen molar-refractivity contribution in [3.63, 3.8) is 0 Å². The minimum atomic E-state index is -0.399. The third-order valence-electron chi connectivity index (χ3n) is 2.93. The summed E-state index contributed by atoms with van der Waals surface area (Å²) in [4.78, 5) is 3.86. The zero-order chi connectivity index (χ0) is 12.2. The summed E-state index contributed by atoms with van der Waals surface area (Å²) in [7, 11) is 0. The Morgan fingerprint density at radius 2 is 2.06 bits per heavy atom. The van der Waals surface area contributed by atoms with E-state index in [2.05, 4.69) is 20.5 Å². The van der Waals surface area contributed by atoms with Gasteiger partial charge in [-0.05, 0) is 20.8 Å². The molecule has 0 spiro atoms. The first kappa shape index (κ1) is 10.2. The molecule has 0 aromatic carbocycles. The fourth-order valence-corrected chi connectivity index (χ4v) is 2.17. The van der Waals surface area contributed by atoms with Gasteiger partial charge in [-0.1, -0.05) is 0 Å². The van der Waals surface area contributed by atoms with Crippen LogP contribution in [-0.4, -0.2) is 19.7 Å². The number of hydrogen-bond acceptors (Lipinski definition) is 4. The van der Waals surface area contributed by atoms with Crippen LogP contribution in [0.4, 0.5) is 10.1 Å². The third kappa shape index (κ3) is 1.26. The number of aryl methyl sites for hydroxylation is 1. The van der Waals surface area contributed by atoms with Gasteiger partial charge in [0.1, 0.15) is 11.5 Å². The van der Waals surface area contributed by atoms with Gasteiger partial charge in [-0.25, -0.2) is 4.39 Å². The number of anilines is 1. The Balaban J connectivity index is 2.39. The highest BCUT2D eigenvalue weighted by molar-refractivity contribution is 5.65. The average molecular weight is 233 g/mol. The van der Waals surface area contributed by atoms with E-state index < -0.39 is 5.54 Å². The summed E-state index contributed by atoms with van der Waals surface area (Å²) < 4.78 is 15.6. The van der Waals surface area contributed by atoms with Crippen LogP contribution in [0.3, 0.4) is 0 Å². The number of fused-ring (bicyclic) bond motifs is 3. The second kappa shape index (κ2) is 3.03. The number of nitrogens with zero attached hydrogens (tertiary/aromatic N) is 4. The molecular formula is C11H12FN5. The smallest absolute Gasteiger partial charge is 0.167 e. The van der Waals surface area contributed by atoms with Gasteiger partial charge in [-0.3, -0.25) is 9.55 Å². The molecule has 6 heteroatoms. The number of rotatable bonds is 0. The predicted molar refractivity (Wildman–Crippen MR) is 60.5 cm³/mol. The van der Waals surface area contributed by atoms with Crippen molar-refractivity contribution in [1.29, 1.82) is 0 Å². The summed E-state index contributed by atoms with van der Waals surface area (Å²) >= 11 is 0. The van der Waals surface area contributed by atoms with Gasteiger partial charge in [0.05, 0.1) is 23.6 Å². The molecule has 2 aromatic rings. The Bertz CT molecular complexity index is 602. The van der Waals surface area contributed by atoms with Gasteiger partial charge in [0.15, 0.2) is 11.6 Å². The van der Waals surface area contributed by atoms with Crippen LogP contribution in [0.25, 0.3) is 5.69 Å². The molecular weight excluding hydrogens is 221 g/mol. The molecule has 1 aliphatic rings. The van der Waals surface area contributed by atoms with Crippen molar-refractivity contribution in [3.8, 4) is 5.69 Å². The Hall–Kier alpha value is -1.98. The molecule has 2 aromatic heterocycles. The summed E-state index contributed by atoms with van der Waals surface area (Å²) in [6.45, 7) is 5.75. The maximum absolute atomic E-state index is 13.9. The van der Waals surface area contributed by atoms with E-state index in [-0.39, 0.29) is 5.82 Å². The minimum absolute atomic E-state index is 0.380. The van der Waals surface area contributed by atoms with E-state index >= 15 is 0 Å². The topological polar surface area (TPSA) is 55.6 Å². The molecule has 1 N–H and O–H groups in total. The summed E-state index contributed by atoms with van der Waals surface area (Å²) in [5, 5.41) is 11.4. The molecule has 88 valence electrons. The van der Waals surface area contributed by atoms with Crippen LogP contribution in [-0.2, 0) is 5.54 Å². The molecule has 0 amide bonds. The Morgan fingerprint density at radius 1 is 1.29 bits per heavy atom.